The van der Waals surface area contributed by atoms with Crippen molar-refractivity contribution in [2.24, 2.45) is 0 Å². The van der Waals surface area contributed by atoms with Crippen LogP contribution < -0.4 is 10.3 Å². The van der Waals surface area contributed by atoms with Crippen molar-refractivity contribution in [2.75, 3.05) is 7.11 Å². The van der Waals surface area contributed by atoms with Gasteiger partial charge in [-0.05, 0) is 79.2 Å². The molecule has 0 radical (unpaired) electrons. The van der Waals surface area contributed by atoms with Gasteiger partial charge in [-0.3, -0.25) is 9.69 Å². The van der Waals surface area contributed by atoms with Gasteiger partial charge in [0, 0.05) is 28.0 Å². The topological polar surface area (TPSA) is 102 Å². The lowest BCUT2D eigenvalue weighted by Gasteiger charge is -2.32. The van der Waals surface area contributed by atoms with E-state index in [0.717, 1.165) is 16.7 Å². The molecule has 0 saturated heterocycles. The summed E-state index contributed by atoms with van der Waals surface area (Å²) in [7, 11) is 1.61. The second-order valence-corrected chi connectivity index (χ2v) is 10.5. The molecule has 3 aromatic heterocycles. The maximum atomic E-state index is 13.7. The highest BCUT2D eigenvalue weighted by Gasteiger charge is 2.34. The van der Waals surface area contributed by atoms with Crippen LogP contribution >= 0.6 is 11.6 Å². The molecule has 0 bridgehead atoms. The fourth-order valence-corrected chi connectivity index (χ4v) is 4.76. The number of tetrazole rings is 1. The second kappa shape index (κ2) is 10.4. The maximum absolute atomic E-state index is 13.7. The number of H-pyrrole nitrogens is 1. The van der Waals surface area contributed by atoms with Gasteiger partial charge in [-0.15, -0.1) is 5.10 Å². The first-order valence-corrected chi connectivity index (χ1v) is 12.6. The van der Waals surface area contributed by atoms with Gasteiger partial charge in [-0.2, -0.15) is 0 Å². The number of halogens is 1. The number of ether oxygens (including phenoxy) is 1. The number of hydrogen-bond acceptors (Lipinski definition) is 7. The van der Waals surface area contributed by atoms with E-state index in [1.807, 2.05) is 81.4 Å². The van der Waals surface area contributed by atoms with Crippen LogP contribution in [0.5, 0.6) is 5.75 Å². The van der Waals surface area contributed by atoms with Crippen LogP contribution in [-0.2, 0) is 18.6 Å². The lowest BCUT2D eigenvalue weighted by molar-refractivity contribution is 0.171. The zero-order valence-electron chi connectivity index (χ0n) is 21.7. The number of nitrogens with zero attached hydrogens (tertiary/aromatic N) is 5. The molecule has 10 heteroatoms. The lowest BCUT2D eigenvalue weighted by atomic mass is 10.0. The van der Waals surface area contributed by atoms with E-state index < -0.39 is 11.6 Å². The van der Waals surface area contributed by atoms with E-state index in [9.17, 15) is 4.79 Å². The Balaban J connectivity index is 1.74. The number of nitrogens with one attached hydrogen (secondary N) is 1. The van der Waals surface area contributed by atoms with Gasteiger partial charge in [-0.25, -0.2) is 4.68 Å². The summed E-state index contributed by atoms with van der Waals surface area (Å²) in [6.45, 7) is 6.85. The first-order chi connectivity index (χ1) is 18.2. The van der Waals surface area contributed by atoms with Gasteiger partial charge in [0.1, 0.15) is 17.6 Å². The number of aromatic nitrogens is 5. The van der Waals surface area contributed by atoms with Crippen molar-refractivity contribution >= 4 is 22.5 Å². The minimum atomic E-state index is -0.634. The Kier molecular flexibility index (Phi) is 7.05. The third-order valence-corrected chi connectivity index (χ3v) is 6.75. The smallest absolute Gasteiger partial charge is 0.253 e. The van der Waals surface area contributed by atoms with E-state index in [0.29, 0.717) is 40.8 Å². The van der Waals surface area contributed by atoms with Crippen molar-refractivity contribution in [3.8, 4) is 5.75 Å². The Hall–Kier alpha value is -3.95. The molecule has 0 unspecified atom stereocenters. The largest absolute Gasteiger partial charge is 0.497 e. The molecule has 0 amide bonds. The minimum absolute atomic E-state index is 0.236. The van der Waals surface area contributed by atoms with E-state index >= 15 is 0 Å². The summed E-state index contributed by atoms with van der Waals surface area (Å²) in [5.41, 5.74) is 1.42. The molecule has 0 aliphatic carbocycles. The van der Waals surface area contributed by atoms with Crippen LogP contribution in [0.15, 0.2) is 76.1 Å². The van der Waals surface area contributed by atoms with Crippen LogP contribution in [0.2, 0.25) is 5.02 Å². The van der Waals surface area contributed by atoms with Crippen LogP contribution in [-0.4, -0.2) is 37.2 Å². The molecule has 0 spiro atoms. The molecule has 5 rings (SSSR count). The van der Waals surface area contributed by atoms with Gasteiger partial charge in [0.15, 0.2) is 5.82 Å². The van der Waals surface area contributed by atoms with E-state index in [1.54, 1.807) is 18.1 Å². The van der Waals surface area contributed by atoms with Crippen molar-refractivity contribution in [1.29, 1.82) is 0 Å². The van der Waals surface area contributed by atoms with Crippen molar-refractivity contribution in [2.45, 2.75) is 45.4 Å². The highest BCUT2D eigenvalue weighted by Crippen LogP contribution is 2.33. The molecule has 0 aliphatic heterocycles. The standard InChI is InChI=1S/C28H29ClN6O3/c1-28(2,3)35-26(31-32-33-35)25(22-15-19-14-20(37-4)11-12-24(19)30-27(22)36)34(17-21-9-7-13-38-21)16-18-8-5-6-10-23(18)29/h5-15,25H,16-17H2,1-4H3,(H,30,36)/t25-/m1/s1. The van der Waals surface area contributed by atoms with Crippen LogP contribution in [0.4, 0.5) is 0 Å². The normalized spacial score (nSPS) is 12.8. The fraction of sp³-hybridized carbons (Fsp3) is 0.286. The number of rotatable bonds is 8. The molecular weight excluding hydrogens is 504 g/mol. The Morgan fingerprint density at radius 2 is 1.92 bits per heavy atom. The summed E-state index contributed by atoms with van der Waals surface area (Å²) in [5.74, 6) is 1.95. The van der Waals surface area contributed by atoms with E-state index in [-0.39, 0.29) is 5.56 Å². The van der Waals surface area contributed by atoms with Gasteiger partial charge >= 0.3 is 0 Å². The van der Waals surface area contributed by atoms with Crippen LogP contribution in [0.25, 0.3) is 10.9 Å². The fourth-order valence-electron chi connectivity index (χ4n) is 4.56. The van der Waals surface area contributed by atoms with Gasteiger partial charge in [0.05, 0.1) is 25.5 Å². The Morgan fingerprint density at radius 1 is 1.11 bits per heavy atom. The molecule has 1 atom stereocenters. The van der Waals surface area contributed by atoms with Crippen LogP contribution in [0.1, 0.15) is 49.5 Å². The molecular formula is C28H29ClN6O3. The van der Waals surface area contributed by atoms with Gasteiger partial charge in [0.2, 0.25) is 0 Å². The summed E-state index contributed by atoms with van der Waals surface area (Å²) in [4.78, 5) is 18.8. The zero-order chi connectivity index (χ0) is 26.9. The van der Waals surface area contributed by atoms with E-state index in [2.05, 4.69) is 25.4 Å². The van der Waals surface area contributed by atoms with Crippen LogP contribution in [0, 0.1) is 0 Å². The second-order valence-electron chi connectivity index (χ2n) is 10.1. The molecule has 196 valence electrons. The quantitative estimate of drug-likeness (QED) is 0.288. The number of hydrogen-bond donors (Lipinski definition) is 1. The highest BCUT2D eigenvalue weighted by atomic mass is 35.5. The summed E-state index contributed by atoms with van der Waals surface area (Å²) >= 11 is 6.60. The van der Waals surface area contributed by atoms with Crippen molar-refractivity contribution < 1.29 is 9.15 Å². The Labute approximate surface area is 225 Å². The summed E-state index contributed by atoms with van der Waals surface area (Å²) in [5, 5.41) is 14.2. The minimum Gasteiger partial charge on any atom is -0.497 e. The zero-order valence-corrected chi connectivity index (χ0v) is 22.4. The number of methoxy groups -OCH3 is 1. The number of aromatic amines is 1. The molecule has 38 heavy (non-hydrogen) atoms. The first-order valence-electron chi connectivity index (χ1n) is 12.2. The predicted molar refractivity (Wildman–Crippen MR) is 145 cm³/mol. The number of pyridine rings is 1. The Morgan fingerprint density at radius 3 is 2.63 bits per heavy atom. The van der Waals surface area contributed by atoms with Gasteiger partial charge in [-0.1, -0.05) is 29.8 Å². The molecule has 0 aliphatic rings. The van der Waals surface area contributed by atoms with E-state index in [1.165, 1.54) is 0 Å². The van der Waals surface area contributed by atoms with Crippen molar-refractivity contribution in [3.05, 3.63) is 105 Å². The maximum Gasteiger partial charge on any atom is 0.253 e. The molecule has 2 aromatic carbocycles. The molecule has 9 nitrogen and oxygen atoms in total. The average molecular weight is 533 g/mol. The SMILES string of the molecule is COc1ccc2[nH]c(=O)c([C@H](c3nnnn3C(C)(C)C)N(Cc3ccco3)Cc3ccccc3Cl)cc2c1. The molecule has 3 heterocycles. The first kappa shape index (κ1) is 25.7. The average Bonchev–Trinajstić information content (AvgIpc) is 3.58. The van der Waals surface area contributed by atoms with Gasteiger partial charge in [0.25, 0.3) is 5.56 Å². The summed E-state index contributed by atoms with van der Waals surface area (Å²) in [6.07, 6.45) is 1.63. The highest BCUT2D eigenvalue weighted by molar-refractivity contribution is 6.31. The molecule has 5 aromatic rings. The predicted octanol–water partition coefficient (Wildman–Crippen LogP) is 5.32. The number of benzene rings is 2. The number of furan rings is 1. The molecule has 0 fully saturated rings. The molecule has 0 saturated carbocycles. The van der Waals surface area contributed by atoms with Crippen molar-refractivity contribution in [3.63, 3.8) is 0 Å². The van der Waals surface area contributed by atoms with Crippen LogP contribution in [0.3, 0.4) is 0 Å². The molecule has 1 N–H and O–H groups in total. The third kappa shape index (κ3) is 5.20. The summed E-state index contributed by atoms with van der Waals surface area (Å²) < 4.78 is 12.9. The lowest BCUT2D eigenvalue weighted by Crippen LogP contribution is -2.37. The third-order valence-electron chi connectivity index (χ3n) is 6.38. The van der Waals surface area contributed by atoms with E-state index in [4.69, 9.17) is 20.8 Å². The monoisotopic (exact) mass is 532 g/mol. The number of fused-ring (bicyclic) bond motifs is 1. The summed E-state index contributed by atoms with van der Waals surface area (Å²) in [6, 6.07) is 18.2. The van der Waals surface area contributed by atoms with Crippen molar-refractivity contribution in [1.82, 2.24) is 30.1 Å². The van der Waals surface area contributed by atoms with Gasteiger partial charge < -0.3 is 14.1 Å². The Bertz CT molecular complexity index is 1600.